The van der Waals surface area contributed by atoms with Crippen molar-refractivity contribution < 1.29 is 8.78 Å². The number of hydrogen-bond donors (Lipinski definition) is 1. The highest BCUT2D eigenvalue weighted by molar-refractivity contribution is 5.27. The molecule has 0 aliphatic rings. The highest BCUT2D eigenvalue weighted by atomic mass is 19.2. The second kappa shape index (κ2) is 4.01. The molecule has 1 rings (SSSR count). The van der Waals surface area contributed by atoms with Crippen LogP contribution in [0.5, 0.6) is 0 Å². The number of halogens is 2. The number of nitrogens with one attached hydrogen (secondary N) is 1. The predicted molar refractivity (Wildman–Crippen MR) is 47.0 cm³/mol. The molecule has 1 nitrogen and oxygen atoms in total. The summed E-state index contributed by atoms with van der Waals surface area (Å²) in [6.07, 6.45) is 5.13. The Kier molecular flexibility index (Phi) is 2.99. The average molecular weight is 181 g/mol. The molecule has 0 amide bonds. The van der Waals surface area contributed by atoms with Crippen LogP contribution in [0.2, 0.25) is 0 Å². The summed E-state index contributed by atoms with van der Waals surface area (Å²) in [5.74, 6) is 0.548. The fourth-order valence-electron chi connectivity index (χ4n) is 1.07. The summed E-state index contributed by atoms with van der Waals surface area (Å²) in [4.78, 5) is 0. The summed E-state index contributed by atoms with van der Waals surface area (Å²) >= 11 is 0. The Morgan fingerprint density at radius 2 is 2.15 bits per heavy atom. The SMILES string of the molecule is C#CC(NC)c1cccc(F)c1F. The minimum atomic E-state index is -0.889. The predicted octanol–water partition coefficient (Wildman–Crippen LogP) is 1.86. The maximum atomic E-state index is 13.1. The van der Waals surface area contributed by atoms with Crippen LogP contribution in [0.3, 0.4) is 0 Å². The van der Waals surface area contributed by atoms with Gasteiger partial charge in [0.2, 0.25) is 0 Å². The van der Waals surface area contributed by atoms with Crippen molar-refractivity contribution in [3.8, 4) is 12.3 Å². The van der Waals surface area contributed by atoms with Gasteiger partial charge in [0, 0.05) is 5.56 Å². The molecule has 0 fully saturated rings. The van der Waals surface area contributed by atoms with Crippen molar-refractivity contribution in [3.63, 3.8) is 0 Å². The molecule has 0 aliphatic carbocycles. The molecule has 1 N–H and O–H groups in total. The quantitative estimate of drug-likeness (QED) is 0.686. The van der Waals surface area contributed by atoms with Gasteiger partial charge in [-0.3, -0.25) is 0 Å². The third-order valence-electron chi connectivity index (χ3n) is 1.75. The van der Waals surface area contributed by atoms with E-state index in [4.69, 9.17) is 6.42 Å². The first-order chi connectivity index (χ1) is 6.20. The summed E-state index contributed by atoms with van der Waals surface area (Å²) in [6, 6.07) is 3.35. The third-order valence-corrected chi connectivity index (χ3v) is 1.75. The van der Waals surface area contributed by atoms with Crippen molar-refractivity contribution >= 4 is 0 Å². The molecular weight excluding hydrogens is 172 g/mol. The van der Waals surface area contributed by atoms with E-state index in [9.17, 15) is 8.78 Å². The normalized spacial score (nSPS) is 12.2. The molecule has 1 unspecified atom stereocenters. The van der Waals surface area contributed by atoms with Crippen LogP contribution in [-0.2, 0) is 0 Å². The van der Waals surface area contributed by atoms with Crippen molar-refractivity contribution in [3.05, 3.63) is 35.4 Å². The third kappa shape index (κ3) is 1.85. The van der Waals surface area contributed by atoms with E-state index in [1.165, 1.54) is 12.1 Å². The fourth-order valence-corrected chi connectivity index (χ4v) is 1.07. The van der Waals surface area contributed by atoms with Crippen LogP contribution in [-0.4, -0.2) is 7.05 Å². The number of benzene rings is 1. The second-order valence-corrected chi connectivity index (χ2v) is 2.53. The van der Waals surface area contributed by atoms with Crippen LogP contribution in [0.1, 0.15) is 11.6 Å². The molecular formula is C10H9F2N. The summed E-state index contributed by atoms with van der Waals surface area (Å²) in [7, 11) is 1.59. The molecule has 68 valence electrons. The summed E-state index contributed by atoms with van der Waals surface area (Å²) < 4.78 is 25.9. The Labute approximate surface area is 75.8 Å². The van der Waals surface area contributed by atoms with Gasteiger partial charge in [0.1, 0.15) is 0 Å². The van der Waals surface area contributed by atoms with Crippen molar-refractivity contribution in [2.24, 2.45) is 0 Å². The zero-order valence-electron chi connectivity index (χ0n) is 7.14. The minimum absolute atomic E-state index is 0.157. The van der Waals surface area contributed by atoms with Crippen LogP contribution in [0.15, 0.2) is 18.2 Å². The molecule has 3 heteroatoms. The Hall–Kier alpha value is -1.40. The topological polar surface area (TPSA) is 12.0 Å². The Bertz CT molecular complexity index is 341. The van der Waals surface area contributed by atoms with Crippen LogP contribution >= 0.6 is 0 Å². The maximum absolute atomic E-state index is 13.1. The van der Waals surface area contributed by atoms with E-state index in [2.05, 4.69) is 11.2 Å². The molecule has 0 radical (unpaired) electrons. The summed E-state index contributed by atoms with van der Waals surface area (Å²) in [6.45, 7) is 0. The molecule has 0 bridgehead atoms. The maximum Gasteiger partial charge on any atom is 0.164 e. The van der Waals surface area contributed by atoms with Crippen LogP contribution in [0.4, 0.5) is 8.78 Å². The van der Waals surface area contributed by atoms with Crippen LogP contribution in [0, 0.1) is 24.0 Å². The standard InChI is InChI=1S/C10H9F2N/c1-3-9(13-2)7-5-4-6-8(11)10(7)12/h1,4-6,9,13H,2H3. The zero-order chi connectivity index (χ0) is 9.84. The molecule has 13 heavy (non-hydrogen) atoms. The summed E-state index contributed by atoms with van der Waals surface area (Å²) in [5.41, 5.74) is 0.157. The van der Waals surface area contributed by atoms with Gasteiger partial charge in [0.15, 0.2) is 11.6 Å². The highest BCUT2D eigenvalue weighted by Crippen LogP contribution is 2.17. The number of terminal acetylenes is 1. The van der Waals surface area contributed by atoms with Gasteiger partial charge in [-0.1, -0.05) is 18.1 Å². The lowest BCUT2D eigenvalue weighted by molar-refractivity contribution is 0.491. The molecule has 1 aromatic carbocycles. The Morgan fingerprint density at radius 3 is 2.69 bits per heavy atom. The Balaban J connectivity index is 3.15. The van der Waals surface area contributed by atoms with Gasteiger partial charge < -0.3 is 5.32 Å². The zero-order valence-corrected chi connectivity index (χ0v) is 7.14. The lowest BCUT2D eigenvalue weighted by atomic mass is 10.1. The number of rotatable bonds is 2. The molecule has 0 aromatic heterocycles. The van der Waals surface area contributed by atoms with Crippen molar-refractivity contribution in [2.75, 3.05) is 7.05 Å². The van der Waals surface area contributed by atoms with Gasteiger partial charge in [-0.15, -0.1) is 6.42 Å². The smallest absolute Gasteiger partial charge is 0.164 e. The van der Waals surface area contributed by atoms with Gasteiger partial charge in [0.25, 0.3) is 0 Å². The molecule has 0 aliphatic heterocycles. The van der Waals surface area contributed by atoms with Crippen LogP contribution < -0.4 is 5.32 Å². The van der Waals surface area contributed by atoms with Gasteiger partial charge in [-0.05, 0) is 13.1 Å². The first-order valence-electron chi connectivity index (χ1n) is 3.78. The average Bonchev–Trinajstić information content (AvgIpc) is 2.14. The van der Waals surface area contributed by atoms with Crippen molar-refractivity contribution in [1.82, 2.24) is 5.32 Å². The summed E-state index contributed by atoms with van der Waals surface area (Å²) in [5, 5.41) is 2.69. The molecule has 0 heterocycles. The monoisotopic (exact) mass is 181 g/mol. The van der Waals surface area contributed by atoms with Crippen LogP contribution in [0.25, 0.3) is 0 Å². The Morgan fingerprint density at radius 1 is 1.46 bits per heavy atom. The minimum Gasteiger partial charge on any atom is -0.303 e. The van der Waals surface area contributed by atoms with Gasteiger partial charge >= 0.3 is 0 Å². The van der Waals surface area contributed by atoms with Gasteiger partial charge in [-0.2, -0.15) is 0 Å². The molecule has 1 aromatic rings. The van der Waals surface area contributed by atoms with E-state index in [0.717, 1.165) is 6.07 Å². The first kappa shape index (κ1) is 9.69. The van der Waals surface area contributed by atoms with Crippen molar-refractivity contribution in [2.45, 2.75) is 6.04 Å². The molecule has 0 spiro atoms. The second-order valence-electron chi connectivity index (χ2n) is 2.53. The number of hydrogen-bond acceptors (Lipinski definition) is 1. The van der Waals surface area contributed by atoms with Gasteiger partial charge in [-0.25, -0.2) is 8.78 Å². The van der Waals surface area contributed by atoms with Gasteiger partial charge in [0.05, 0.1) is 6.04 Å². The first-order valence-corrected chi connectivity index (χ1v) is 3.78. The van der Waals surface area contributed by atoms with E-state index in [1.54, 1.807) is 7.05 Å². The molecule has 1 atom stereocenters. The van der Waals surface area contributed by atoms with E-state index in [-0.39, 0.29) is 5.56 Å². The lowest BCUT2D eigenvalue weighted by Gasteiger charge is -2.10. The van der Waals surface area contributed by atoms with Crippen molar-refractivity contribution in [1.29, 1.82) is 0 Å². The van der Waals surface area contributed by atoms with E-state index >= 15 is 0 Å². The largest absolute Gasteiger partial charge is 0.303 e. The fraction of sp³-hybridized carbons (Fsp3) is 0.200. The lowest BCUT2D eigenvalue weighted by Crippen LogP contribution is -2.16. The van der Waals surface area contributed by atoms with E-state index < -0.39 is 17.7 Å². The molecule has 0 saturated heterocycles. The van der Waals surface area contributed by atoms with E-state index in [1.807, 2.05) is 0 Å². The highest BCUT2D eigenvalue weighted by Gasteiger charge is 2.13. The molecule has 0 saturated carbocycles. The van der Waals surface area contributed by atoms with E-state index in [0.29, 0.717) is 0 Å².